The molecule has 2 heteroatoms. The molecule has 0 aliphatic carbocycles. The van der Waals surface area contributed by atoms with Crippen LogP contribution < -0.4 is 0 Å². The molecule has 0 radical (unpaired) electrons. The Morgan fingerprint density at radius 1 is 1.18 bits per heavy atom. The van der Waals surface area contributed by atoms with Crippen molar-refractivity contribution < 1.29 is 4.43 Å². The molecular weight excluding hydrogens is 224 g/mol. The van der Waals surface area contributed by atoms with E-state index in [1.54, 1.807) is 0 Å². The van der Waals surface area contributed by atoms with E-state index in [0.29, 0.717) is 5.92 Å². The zero-order valence-electron chi connectivity index (χ0n) is 12.6. The van der Waals surface area contributed by atoms with Crippen LogP contribution in [0.15, 0.2) is 0 Å². The van der Waals surface area contributed by atoms with Crippen LogP contribution in [0.1, 0.15) is 53.4 Å². The first-order valence-electron chi connectivity index (χ1n) is 7.07. The van der Waals surface area contributed by atoms with Gasteiger partial charge in [0.15, 0.2) is 8.32 Å². The van der Waals surface area contributed by atoms with Gasteiger partial charge in [0.2, 0.25) is 0 Å². The quantitative estimate of drug-likeness (QED) is 0.467. The molecule has 0 spiro atoms. The Morgan fingerprint density at radius 2 is 1.82 bits per heavy atom. The lowest BCUT2D eigenvalue weighted by Gasteiger charge is -2.27. The van der Waals surface area contributed by atoms with Gasteiger partial charge in [-0.05, 0) is 31.5 Å². The lowest BCUT2D eigenvalue weighted by molar-refractivity contribution is 0.218. The fourth-order valence-electron chi connectivity index (χ4n) is 1.83. The van der Waals surface area contributed by atoms with Gasteiger partial charge in [0.1, 0.15) is 6.10 Å². The van der Waals surface area contributed by atoms with E-state index in [1.165, 1.54) is 18.9 Å². The van der Waals surface area contributed by atoms with Crippen molar-refractivity contribution in [3.8, 4) is 11.8 Å². The molecule has 0 bridgehead atoms. The molecule has 0 amide bonds. The van der Waals surface area contributed by atoms with Crippen molar-refractivity contribution in [3.63, 3.8) is 0 Å². The molecule has 1 nitrogen and oxygen atoms in total. The van der Waals surface area contributed by atoms with Crippen molar-refractivity contribution in [2.75, 3.05) is 0 Å². The zero-order valence-corrected chi connectivity index (χ0v) is 13.6. The second kappa shape index (κ2) is 8.77. The molecule has 0 aromatic carbocycles. The van der Waals surface area contributed by atoms with Gasteiger partial charge in [0, 0.05) is 6.42 Å². The van der Waals surface area contributed by atoms with Crippen molar-refractivity contribution in [1.82, 2.24) is 0 Å². The zero-order chi connectivity index (χ0) is 13.3. The Hall–Kier alpha value is -0.263. The second-order valence-electron chi connectivity index (χ2n) is 5.77. The minimum Gasteiger partial charge on any atom is -0.404 e. The molecule has 0 heterocycles. The summed E-state index contributed by atoms with van der Waals surface area (Å²) in [7, 11) is -1.51. The Labute approximate surface area is 109 Å². The summed E-state index contributed by atoms with van der Waals surface area (Å²) in [5.41, 5.74) is 0. The largest absolute Gasteiger partial charge is 0.404 e. The molecule has 17 heavy (non-hydrogen) atoms. The van der Waals surface area contributed by atoms with E-state index in [9.17, 15) is 0 Å². The summed E-state index contributed by atoms with van der Waals surface area (Å²) < 4.78 is 6.32. The smallest absolute Gasteiger partial charge is 0.188 e. The van der Waals surface area contributed by atoms with Crippen LogP contribution in [0.25, 0.3) is 0 Å². The minimum atomic E-state index is -1.51. The Bertz CT molecular complexity index is 247. The van der Waals surface area contributed by atoms with E-state index in [1.807, 2.05) is 0 Å². The molecule has 0 aromatic heterocycles. The number of hydrogen-bond donors (Lipinski definition) is 0. The first-order valence-corrected chi connectivity index (χ1v) is 10.2. The molecule has 0 aromatic rings. The van der Waals surface area contributed by atoms with Crippen molar-refractivity contribution >= 4 is 8.32 Å². The third kappa shape index (κ3) is 9.44. The molecule has 100 valence electrons. The summed E-state index contributed by atoms with van der Waals surface area (Å²) in [5.74, 6) is 7.13. The fraction of sp³-hybridized carbons (Fsp3) is 0.867. The van der Waals surface area contributed by atoms with Gasteiger partial charge < -0.3 is 4.43 Å². The highest BCUT2D eigenvalue weighted by Crippen LogP contribution is 2.20. The maximum atomic E-state index is 6.32. The van der Waals surface area contributed by atoms with Gasteiger partial charge in [-0.2, -0.15) is 0 Å². The monoisotopic (exact) mass is 254 g/mol. The fourth-order valence-corrected chi connectivity index (χ4v) is 4.08. The first kappa shape index (κ1) is 16.7. The number of unbranched alkanes of at least 4 members (excludes halogenated alkanes) is 1. The molecule has 1 unspecified atom stereocenters. The lowest BCUT2D eigenvalue weighted by atomic mass is 10.1. The normalized spacial score (nSPS) is 13.4. The van der Waals surface area contributed by atoms with Gasteiger partial charge in [0.25, 0.3) is 0 Å². The van der Waals surface area contributed by atoms with Crippen LogP contribution >= 0.6 is 0 Å². The Balaban J connectivity index is 4.39. The predicted octanol–water partition coefficient (Wildman–Crippen LogP) is 4.84. The van der Waals surface area contributed by atoms with Gasteiger partial charge >= 0.3 is 0 Å². The Kier molecular flexibility index (Phi) is 8.64. The molecule has 0 saturated heterocycles. The third-order valence-electron chi connectivity index (χ3n) is 2.72. The highest BCUT2D eigenvalue weighted by Gasteiger charge is 2.25. The van der Waals surface area contributed by atoms with Crippen LogP contribution in [-0.4, -0.2) is 14.4 Å². The predicted molar refractivity (Wildman–Crippen MR) is 79.6 cm³/mol. The van der Waals surface area contributed by atoms with Gasteiger partial charge in [-0.15, -0.1) is 5.92 Å². The van der Waals surface area contributed by atoms with E-state index < -0.39 is 8.32 Å². The second-order valence-corrected chi connectivity index (χ2v) is 10.0. The Morgan fingerprint density at radius 3 is 2.29 bits per heavy atom. The van der Waals surface area contributed by atoms with E-state index in [-0.39, 0.29) is 6.10 Å². The standard InChI is InChI=1S/C15H30OSi/c1-7-9-11-15(13-14(3)4)16-17(5,6)12-10-8-2/h14-15H,7-8,10,12-13H2,1-6H3. The summed E-state index contributed by atoms with van der Waals surface area (Å²) in [6.45, 7) is 13.5. The summed E-state index contributed by atoms with van der Waals surface area (Å²) in [6, 6.07) is 1.26. The highest BCUT2D eigenvalue weighted by molar-refractivity contribution is 6.71. The van der Waals surface area contributed by atoms with Gasteiger partial charge in [0.05, 0.1) is 0 Å². The van der Waals surface area contributed by atoms with Crippen LogP contribution in [0.4, 0.5) is 0 Å². The van der Waals surface area contributed by atoms with Crippen molar-refractivity contribution in [2.24, 2.45) is 5.92 Å². The van der Waals surface area contributed by atoms with E-state index in [2.05, 4.69) is 52.6 Å². The van der Waals surface area contributed by atoms with Crippen molar-refractivity contribution in [1.29, 1.82) is 0 Å². The van der Waals surface area contributed by atoms with Crippen LogP contribution in [0.5, 0.6) is 0 Å². The van der Waals surface area contributed by atoms with Crippen LogP contribution in [0.3, 0.4) is 0 Å². The molecule has 0 rings (SSSR count). The molecule has 0 saturated carbocycles. The number of hydrogen-bond acceptors (Lipinski definition) is 1. The summed E-state index contributed by atoms with van der Waals surface area (Å²) in [6.07, 6.45) is 4.70. The molecule has 0 aliphatic heterocycles. The third-order valence-corrected chi connectivity index (χ3v) is 5.20. The lowest BCUT2D eigenvalue weighted by Crippen LogP contribution is -2.35. The van der Waals surface area contributed by atoms with Gasteiger partial charge in [-0.3, -0.25) is 0 Å². The van der Waals surface area contributed by atoms with E-state index in [4.69, 9.17) is 4.43 Å². The van der Waals surface area contributed by atoms with E-state index in [0.717, 1.165) is 12.8 Å². The summed E-state index contributed by atoms with van der Waals surface area (Å²) in [4.78, 5) is 0. The summed E-state index contributed by atoms with van der Waals surface area (Å²) >= 11 is 0. The highest BCUT2D eigenvalue weighted by atomic mass is 28.4. The minimum absolute atomic E-state index is 0.161. The SMILES string of the molecule is CCC#CC(CC(C)C)O[Si](C)(C)CCCC. The maximum absolute atomic E-state index is 6.32. The average molecular weight is 254 g/mol. The van der Waals surface area contributed by atoms with Gasteiger partial charge in [-0.1, -0.05) is 46.5 Å². The van der Waals surface area contributed by atoms with Crippen molar-refractivity contribution in [3.05, 3.63) is 0 Å². The average Bonchev–Trinajstić information content (AvgIpc) is 2.22. The molecular formula is C15H30OSi. The van der Waals surface area contributed by atoms with E-state index >= 15 is 0 Å². The van der Waals surface area contributed by atoms with Crippen LogP contribution in [0.2, 0.25) is 19.1 Å². The molecule has 0 aliphatic rings. The topological polar surface area (TPSA) is 9.23 Å². The molecule has 0 fully saturated rings. The molecule has 0 N–H and O–H groups in total. The maximum Gasteiger partial charge on any atom is 0.188 e. The van der Waals surface area contributed by atoms with Gasteiger partial charge in [-0.25, -0.2) is 0 Å². The van der Waals surface area contributed by atoms with Crippen LogP contribution in [0, 0.1) is 17.8 Å². The van der Waals surface area contributed by atoms with Crippen molar-refractivity contribution in [2.45, 2.75) is 78.6 Å². The molecule has 1 atom stereocenters. The number of rotatable bonds is 7. The summed E-state index contributed by atoms with van der Waals surface area (Å²) in [5, 5.41) is 0. The van der Waals surface area contributed by atoms with Crippen LogP contribution in [-0.2, 0) is 4.43 Å². The first-order chi connectivity index (χ1) is 7.91.